The van der Waals surface area contributed by atoms with Gasteiger partial charge in [0.1, 0.15) is 5.75 Å². The predicted octanol–water partition coefficient (Wildman–Crippen LogP) is 1.81. The number of ketones is 1. The number of primary amides is 1. The number of nitrogens with one attached hydrogen (secondary N) is 1. The molecule has 0 aliphatic carbocycles. The molecule has 0 aliphatic rings. The number of hydrogen-bond acceptors (Lipinski definition) is 6. The van der Waals surface area contributed by atoms with Gasteiger partial charge in [-0.2, -0.15) is 0 Å². The summed E-state index contributed by atoms with van der Waals surface area (Å²) in [7, 11) is 0. The lowest BCUT2D eigenvalue weighted by Crippen LogP contribution is -2.45. The Morgan fingerprint density at radius 3 is 2.19 bits per heavy atom. The van der Waals surface area contributed by atoms with Gasteiger partial charge in [0.15, 0.2) is 11.9 Å². The second-order valence-electron chi connectivity index (χ2n) is 5.89. The largest absolute Gasteiger partial charge is 0.494 e. The fourth-order valence-corrected chi connectivity index (χ4v) is 2.15. The number of esters is 1. The Morgan fingerprint density at radius 2 is 1.69 bits per heavy atom. The van der Waals surface area contributed by atoms with Gasteiger partial charge in [-0.05, 0) is 37.1 Å². The Morgan fingerprint density at radius 1 is 1.08 bits per heavy atom. The van der Waals surface area contributed by atoms with E-state index in [-0.39, 0.29) is 24.5 Å². The first-order valence-electron chi connectivity index (χ1n) is 8.30. The number of ether oxygens (including phenoxy) is 2. The molecule has 1 atom stereocenters. The summed E-state index contributed by atoms with van der Waals surface area (Å²) in [6, 6.07) is 5.57. The van der Waals surface area contributed by atoms with Crippen LogP contribution in [0.25, 0.3) is 0 Å². The van der Waals surface area contributed by atoms with Crippen LogP contribution in [-0.2, 0) is 14.3 Å². The van der Waals surface area contributed by atoms with Crippen LogP contribution in [0.1, 0.15) is 44.0 Å². The van der Waals surface area contributed by atoms with Gasteiger partial charge in [0.25, 0.3) is 5.91 Å². The summed E-state index contributed by atoms with van der Waals surface area (Å²) in [5.41, 5.74) is 5.34. The minimum Gasteiger partial charge on any atom is -0.494 e. The Balaban J connectivity index is 2.57. The molecule has 0 aliphatic heterocycles. The van der Waals surface area contributed by atoms with Crippen molar-refractivity contribution in [2.75, 3.05) is 6.61 Å². The maximum Gasteiger partial charge on any atom is 0.318 e. The summed E-state index contributed by atoms with van der Waals surface area (Å²) in [4.78, 5) is 46.6. The van der Waals surface area contributed by atoms with Crippen LogP contribution < -0.4 is 15.8 Å². The molecule has 0 spiro atoms. The van der Waals surface area contributed by atoms with Crippen LogP contribution in [0.15, 0.2) is 24.3 Å². The number of amides is 3. The van der Waals surface area contributed by atoms with E-state index in [0.29, 0.717) is 17.9 Å². The van der Waals surface area contributed by atoms with Gasteiger partial charge in [-0.15, -0.1) is 0 Å². The van der Waals surface area contributed by atoms with Gasteiger partial charge < -0.3 is 15.2 Å². The Hall–Kier alpha value is -2.90. The fourth-order valence-electron chi connectivity index (χ4n) is 2.15. The van der Waals surface area contributed by atoms with Crippen LogP contribution in [0.2, 0.25) is 0 Å². The molecule has 8 heteroatoms. The van der Waals surface area contributed by atoms with Crippen molar-refractivity contribution >= 4 is 23.7 Å². The first kappa shape index (κ1) is 21.1. The van der Waals surface area contributed by atoms with E-state index < -0.39 is 24.0 Å². The Kier molecular flexibility index (Phi) is 8.27. The van der Waals surface area contributed by atoms with Crippen LogP contribution in [-0.4, -0.2) is 36.4 Å². The first-order valence-corrected chi connectivity index (χ1v) is 8.30. The molecule has 0 aromatic heterocycles. The number of rotatable bonds is 9. The van der Waals surface area contributed by atoms with E-state index in [1.165, 1.54) is 0 Å². The van der Waals surface area contributed by atoms with Crippen molar-refractivity contribution in [1.29, 1.82) is 0 Å². The lowest BCUT2D eigenvalue weighted by Gasteiger charge is -2.19. The van der Waals surface area contributed by atoms with Gasteiger partial charge in [-0.1, -0.05) is 13.8 Å². The molecule has 0 saturated carbocycles. The first-order chi connectivity index (χ1) is 12.2. The van der Waals surface area contributed by atoms with Crippen molar-refractivity contribution in [2.24, 2.45) is 11.7 Å². The summed E-state index contributed by atoms with van der Waals surface area (Å²) in [5, 5.41) is 1.88. The number of urea groups is 1. The smallest absolute Gasteiger partial charge is 0.318 e. The minimum atomic E-state index is -1.16. The van der Waals surface area contributed by atoms with Crippen molar-refractivity contribution < 1.29 is 28.7 Å². The van der Waals surface area contributed by atoms with E-state index in [0.717, 1.165) is 0 Å². The average Bonchev–Trinajstić information content (AvgIpc) is 2.57. The zero-order chi connectivity index (χ0) is 19.7. The normalized spacial score (nSPS) is 11.5. The summed E-state index contributed by atoms with van der Waals surface area (Å²) in [6.45, 7) is 5.70. The van der Waals surface area contributed by atoms with Crippen LogP contribution in [0.5, 0.6) is 5.75 Å². The number of hydrogen-bond donors (Lipinski definition) is 2. The molecule has 1 aromatic rings. The molecule has 0 fully saturated rings. The Labute approximate surface area is 152 Å². The number of carbonyl (C=O) groups is 4. The summed E-state index contributed by atoms with van der Waals surface area (Å²) < 4.78 is 10.4. The van der Waals surface area contributed by atoms with Gasteiger partial charge in [-0.25, -0.2) is 4.79 Å². The second kappa shape index (κ2) is 10.2. The van der Waals surface area contributed by atoms with E-state index in [2.05, 4.69) is 0 Å². The molecule has 0 heterocycles. The molecule has 0 saturated heterocycles. The molecule has 26 heavy (non-hydrogen) atoms. The highest BCUT2D eigenvalue weighted by atomic mass is 16.5. The molecule has 1 rings (SSSR count). The van der Waals surface area contributed by atoms with E-state index in [9.17, 15) is 19.2 Å². The fraction of sp³-hybridized carbons (Fsp3) is 0.444. The van der Waals surface area contributed by atoms with E-state index in [4.69, 9.17) is 15.2 Å². The minimum absolute atomic E-state index is 0.0604. The van der Waals surface area contributed by atoms with E-state index in [1.807, 2.05) is 12.2 Å². The van der Waals surface area contributed by atoms with Gasteiger partial charge in [0, 0.05) is 12.0 Å². The molecular weight excluding hydrogens is 340 g/mol. The van der Waals surface area contributed by atoms with Gasteiger partial charge in [-0.3, -0.25) is 19.7 Å². The third-order valence-electron chi connectivity index (χ3n) is 3.41. The van der Waals surface area contributed by atoms with Crippen LogP contribution in [0.3, 0.4) is 0 Å². The maximum atomic E-state index is 12.1. The van der Waals surface area contributed by atoms with Crippen molar-refractivity contribution in [3.63, 3.8) is 0 Å². The average molecular weight is 364 g/mol. The van der Waals surface area contributed by atoms with Crippen LogP contribution >= 0.6 is 0 Å². The maximum absolute atomic E-state index is 12.1. The van der Waals surface area contributed by atoms with Crippen molar-refractivity contribution in [3.05, 3.63) is 29.8 Å². The monoisotopic (exact) mass is 364 g/mol. The standard InChI is InChI=1S/C18H24N2O6/c1-4-25-13-7-5-12(6-8-13)14(21)9-10-15(22)26-16(11(2)3)17(23)20-18(19)24/h5-8,11,16H,4,9-10H2,1-3H3,(H3,19,20,23,24). The highest BCUT2D eigenvalue weighted by Crippen LogP contribution is 2.15. The zero-order valence-corrected chi connectivity index (χ0v) is 15.1. The molecule has 8 nitrogen and oxygen atoms in total. The molecule has 1 unspecified atom stereocenters. The third kappa shape index (κ3) is 6.92. The molecule has 1 aromatic carbocycles. The van der Waals surface area contributed by atoms with Crippen molar-refractivity contribution in [2.45, 2.75) is 39.7 Å². The van der Waals surface area contributed by atoms with Crippen molar-refractivity contribution in [3.8, 4) is 5.75 Å². The van der Waals surface area contributed by atoms with E-state index in [1.54, 1.807) is 38.1 Å². The van der Waals surface area contributed by atoms with Gasteiger partial charge in [0.2, 0.25) is 0 Å². The Bertz CT molecular complexity index is 654. The number of Topliss-reactive ketones (excluding diaryl/α,β-unsaturated/α-hetero) is 1. The van der Waals surface area contributed by atoms with Crippen LogP contribution in [0, 0.1) is 5.92 Å². The number of imide groups is 1. The molecule has 0 bridgehead atoms. The lowest BCUT2D eigenvalue weighted by atomic mass is 10.1. The zero-order valence-electron chi connectivity index (χ0n) is 15.1. The van der Waals surface area contributed by atoms with Gasteiger partial charge >= 0.3 is 12.0 Å². The van der Waals surface area contributed by atoms with Gasteiger partial charge in [0.05, 0.1) is 13.0 Å². The summed E-state index contributed by atoms with van der Waals surface area (Å²) >= 11 is 0. The molecular formula is C18H24N2O6. The van der Waals surface area contributed by atoms with E-state index >= 15 is 0 Å². The molecule has 0 radical (unpaired) electrons. The number of benzene rings is 1. The number of nitrogens with two attached hydrogens (primary N) is 1. The highest BCUT2D eigenvalue weighted by Gasteiger charge is 2.27. The quantitative estimate of drug-likeness (QED) is 0.508. The molecule has 3 amide bonds. The SMILES string of the molecule is CCOc1ccc(C(=O)CCC(=O)OC(C(=O)NC(N)=O)C(C)C)cc1. The summed E-state index contributed by atoms with van der Waals surface area (Å²) in [5.74, 6) is -1.43. The van der Waals surface area contributed by atoms with Crippen molar-refractivity contribution in [1.82, 2.24) is 5.32 Å². The predicted molar refractivity (Wildman–Crippen MR) is 93.6 cm³/mol. The second-order valence-corrected chi connectivity index (χ2v) is 5.89. The molecule has 142 valence electrons. The highest BCUT2D eigenvalue weighted by molar-refractivity contribution is 5.98. The summed E-state index contributed by atoms with van der Waals surface area (Å²) in [6.07, 6.45) is -1.40. The third-order valence-corrected chi connectivity index (χ3v) is 3.41. The topological polar surface area (TPSA) is 125 Å². The lowest BCUT2D eigenvalue weighted by molar-refractivity contribution is -0.158. The van der Waals surface area contributed by atoms with Crippen LogP contribution in [0.4, 0.5) is 4.79 Å². The number of carbonyl (C=O) groups excluding carboxylic acids is 4. The molecule has 3 N–H and O–H groups in total.